The number of hydrogen-bond acceptors (Lipinski definition) is 5. The summed E-state index contributed by atoms with van der Waals surface area (Å²) < 4.78 is 0. The van der Waals surface area contributed by atoms with E-state index in [0.717, 1.165) is 12.8 Å². The molecule has 0 spiro atoms. The van der Waals surface area contributed by atoms with Crippen molar-refractivity contribution in [3.05, 3.63) is 69.9 Å². The molecular formula is C19H19ClN4O3. The van der Waals surface area contributed by atoms with Crippen LogP contribution in [0.1, 0.15) is 23.2 Å². The number of carbonyl (C=O) groups is 1. The summed E-state index contributed by atoms with van der Waals surface area (Å²) in [6, 6.07) is 9.19. The molecule has 27 heavy (non-hydrogen) atoms. The number of piperidine rings is 1. The van der Waals surface area contributed by atoms with Gasteiger partial charge in [0.25, 0.3) is 11.6 Å². The van der Waals surface area contributed by atoms with E-state index in [1.54, 1.807) is 18.2 Å². The Balaban J connectivity index is 1.90. The highest BCUT2D eigenvalue weighted by molar-refractivity contribution is 6.29. The van der Waals surface area contributed by atoms with Gasteiger partial charge in [0.15, 0.2) is 0 Å². The summed E-state index contributed by atoms with van der Waals surface area (Å²) in [7, 11) is 0. The molecule has 3 rings (SSSR count). The highest BCUT2D eigenvalue weighted by atomic mass is 35.5. The molecule has 2 heterocycles. The number of nitro benzene ring substituents is 1. The molecule has 0 saturated carbocycles. The summed E-state index contributed by atoms with van der Waals surface area (Å²) in [5, 5.41) is 14.2. The van der Waals surface area contributed by atoms with Crippen molar-refractivity contribution in [1.29, 1.82) is 0 Å². The van der Waals surface area contributed by atoms with E-state index in [-0.39, 0.29) is 16.7 Å². The van der Waals surface area contributed by atoms with Crippen LogP contribution in [0.25, 0.3) is 0 Å². The van der Waals surface area contributed by atoms with Crippen LogP contribution in [-0.4, -0.2) is 28.9 Å². The molecule has 1 aliphatic rings. The van der Waals surface area contributed by atoms with Gasteiger partial charge in [-0.1, -0.05) is 23.7 Å². The fourth-order valence-electron chi connectivity index (χ4n) is 3.12. The molecule has 1 aromatic carbocycles. The first-order valence-electron chi connectivity index (χ1n) is 8.58. The molecule has 1 amide bonds. The lowest BCUT2D eigenvalue weighted by Crippen LogP contribution is -2.34. The van der Waals surface area contributed by atoms with Crippen LogP contribution in [0.5, 0.6) is 0 Å². The number of allylic oxidation sites excluding steroid dienone is 1. The minimum atomic E-state index is -0.458. The summed E-state index contributed by atoms with van der Waals surface area (Å²) in [5.74, 6) is 0.357. The number of non-ortho nitro benzene ring substituents is 1. The van der Waals surface area contributed by atoms with Gasteiger partial charge in [-0.3, -0.25) is 14.9 Å². The number of pyridine rings is 1. The number of anilines is 2. The van der Waals surface area contributed by atoms with E-state index in [4.69, 9.17) is 11.6 Å². The highest BCUT2D eigenvalue weighted by Crippen LogP contribution is 2.30. The van der Waals surface area contributed by atoms with Gasteiger partial charge in [-0.25, -0.2) is 4.98 Å². The molecular weight excluding hydrogens is 368 g/mol. The van der Waals surface area contributed by atoms with Crippen LogP contribution in [0.2, 0.25) is 5.15 Å². The van der Waals surface area contributed by atoms with Crippen molar-refractivity contribution < 1.29 is 9.72 Å². The van der Waals surface area contributed by atoms with Crippen molar-refractivity contribution in [3.63, 3.8) is 0 Å². The van der Waals surface area contributed by atoms with E-state index in [1.165, 1.54) is 18.2 Å². The second kappa shape index (κ2) is 8.18. The average molecular weight is 387 g/mol. The number of rotatable bonds is 5. The fraction of sp³-hybridized carbons (Fsp3) is 0.263. The normalized spacial score (nSPS) is 14.6. The second-order valence-electron chi connectivity index (χ2n) is 6.32. The van der Waals surface area contributed by atoms with E-state index in [2.05, 4.69) is 16.9 Å². The van der Waals surface area contributed by atoms with Crippen LogP contribution in [0.4, 0.5) is 17.2 Å². The number of nitrogens with one attached hydrogen (secondary N) is 1. The zero-order valence-electron chi connectivity index (χ0n) is 14.6. The minimum absolute atomic E-state index is 0.0479. The highest BCUT2D eigenvalue weighted by Gasteiger charge is 2.24. The van der Waals surface area contributed by atoms with Crippen LogP contribution in [0.15, 0.2) is 49.1 Å². The first-order chi connectivity index (χ1) is 13.0. The predicted octanol–water partition coefficient (Wildman–Crippen LogP) is 4.30. The van der Waals surface area contributed by atoms with Crippen LogP contribution in [0, 0.1) is 16.0 Å². The monoisotopic (exact) mass is 386 g/mol. The predicted molar refractivity (Wildman–Crippen MR) is 105 cm³/mol. The fourth-order valence-corrected chi connectivity index (χ4v) is 3.29. The SMILES string of the molecule is C=CC1CCN(c2cc([N+](=O)[O-])ccc2C(=O)Nc2cccc(Cl)n2)CC1. The van der Waals surface area contributed by atoms with E-state index in [0.29, 0.717) is 36.1 Å². The Hall–Kier alpha value is -2.93. The van der Waals surface area contributed by atoms with Crippen molar-refractivity contribution in [1.82, 2.24) is 4.98 Å². The van der Waals surface area contributed by atoms with Crippen molar-refractivity contribution in [2.75, 3.05) is 23.3 Å². The van der Waals surface area contributed by atoms with Gasteiger partial charge >= 0.3 is 0 Å². The molecule has 0 unspecified atom stereocenters. The summed E-state index contributed by atoms with van der Waals surface area (Å²) in [6.45, 7) is 5.23. The number of nitrogens with zero attached hydrogens (tertiary/aromatic N) is 3. The van der Waals surface area contributed by atoms with Gasteiger partial charge in [-0.05, 0) is 37.0 Å². The summed E-state index contributed by atoms with van der Waals surface area (Å²) in [4.78, 5) is 29.6. The van der Waals surface area contributed by atoms with Crippen molar-refractivity contribution in [2.45, 2.75) is 12.8 Å². The number of aromatic nitrogens is 1. The van der Waals surface area contributed by atoms with Gasteiger partial charge in [0.1, 0.15) is 11.0 Å². The van der Waals surface area contributed by atoms with Gasteiger partial charge in [-0.2, -0.15) is 0 Å². The zero-order valence-corrected chi connectivity index (χ0v) is 15.4. The molecule has 1 aromatic heterocycles. The number of carbonyl (C=O) groups excluding carboxylic acids is 1. The third kappa shape index (κ3) is 4.43. The molecule has 2 aromatic rings. The standard InChI is InChI=1S/C19H19ClN4O3/c1-2-13-8-10-23(11-9-13)16-12-14(24(26)27)6-7-15(16)19(25)22-18-5-3-4-17(20)21-18/h2-7,12-13H,1,8-11H2,(H,21,22,25). The zero-order chi connectivity index (χ0) is 19.4. The van der Waals surface area contributed by atoms with Crippen LogP contribution < -0.4 is 10.2 Å². The van der Waals surface area contributed by atoms with Crippen LogP contribution in [0.3, 0.4) is 0 Å². The molecule has 1 saturated heterocycles. The molecule has 8 heteroatoms. The van der Waals surface area contributed by atoms with E-state index >= 15 is 0 Å². The Morgan fingerprint density at radius 2 is 2.07 bits per heavy atom. The molecule has 1 N–H and O–H groups in total. The number of halogens is 1. The number of amides is 1. The number of nitro groups is 1. The van der Waals surface area contributed by atoms with Crippen molar-refractivity contribution >= 4 is 34.7 Å². The van der Waals surface area contributed by atoms with E-state index < -0.39 is 4.92 Å². The van der Waals surface area contributed by atoms with Gasteiger partial charge in [0.2, 0.25) is 0 Å². The van der Waals surface area contributed by atoms with Gasteiger partial charge in [0, 0.05) is 25.2 Å². The van der Waals surface area contributed by atoms with Gasteiger partial charge < -0.3 is 10.2 Å². The van der Waals surface area contributed by atoms with Crippen LogP contribution >= 0.6 is 11.6 Å². The second-order valence-corrected chi connectivity index (χ2v) is 6.71. The molecule has 0 bridgehead atoms. The topological polar surface area (TPSA) is 88.4 Å². The molecule has 1 fully saturated rings. The summed E-state index contributed by atoms with van der Waals surface area (Å²) in [5.41, 5.74) is 0.860. The Morgan fingerprint density at radius 3 is 2.70 bits per heavy atom. The smallest absolute Gasteiger partial charge is 0.271 e. The van der Waals surface area contributed by atoms with Crippen LogP contribution in [-0.2, 0) is 0 Å². The number of benzene rings is 1. The molecule has 0 aliphatic carbocycles. The maximum atomic E-state index is 12.8. The lowest BCUT2D eigenvalue weighted by molar-refractivity contribution is -0.384. The Labute approximate surface area is 161 Å². The molecule has 0 atom stereocenters. The minimum Gasteiger partial charge on any atom is -0.371 e. The summed E-state index contributed by atoms with van der Waals surface area (Å²) >= 11 is 5.86. The summed E-state index contributed by atoms with van der Waals surface area (Å²) in [6.07, 6.45) is 3.72. The molecule has 140 valence electrons. The average Bonchev–Trinajstić information content (AvgIpc) is 2.67. The lowest BCUT2D eigenvalue weighted by Gasteiger charge is -2.33. The quantitative estimate of drug-likeness (QED) is 0.358. The third-order valence-electron chi connectivity index (χ3n) is 4.61. The maximum Gasteiger partial charge on any atom is 0.271 e. The Kier molecular flexibility index (Phi) is 5.71. The molecule has 1 aliphatic heterocycles. The molecule has 7 nitrogen and oxygen atoms in total. The largest absolute Gasteiger partial charge is 0.371 e. The van der Waals surface area contributed by atoms with E-state index in [1.807, 2.05) is 11.0 Å². The number of hydrogen-bond donors (Lipinski definition) is 1. The van der Waals surface area contributed by atoms with Gasteiger partial charge in [-0.15, -0.1) is 6.58 Å². The van der Waals surface area contributed by atoms with Gasteiger partial charge in [0.05, 0.1) is 16.2 Å². The maximum absolute atomic E-state index is 12.8. The van der Waals surface area contributed by atoms with Crippen molar-refractivity contribution in [2.24, 2.45) is 5.92 Å². The third-order valence-corrected chi connectivity index (χ3v) is 4.82. The first-order valence-corrected chi connectivity index (χ1v) is 8.95. The van der Waals surface area contributed by atoms with E-state index in [9.17, 15) is 14.9 Å². The first kappa shape index (κ1) is 18.8. The van der Waals surface area contributed by atoms with Crippen molar-refractivity contribution in [3.8, 4) is 0 Å². The Morgan fingerprint density at radius 1 is 1.33 bits per heavy atom. The Bertz CT molecular complexity index is 879. The lowest BCUT2D eigenvalue weighted by atomic mass is 9.96. The molecule has 0 radical (unpaired) electrons.